The summed E-state index contributed by atoms with van der Waals surface area (Å²) in [4.78, 5) is 15.0. The highest BCUT2D eigenvalue weighted by molar-refractivity contribution is 5.97. The third-order valence-electron chi connectivity index (χ3n) is 3.81. The lowest BCUT2D eigenvalue weighted by Gasteiger charge is -2.33. The summed E-state index contributed by atoms with van der Waals surface area (Å²) in [6.45, 7) is 18.4. The first-order chi connectivity index (χ1) is 8.57. The molecule has 0 aromatic carbocycles. The Labute approximate surface area is 119 Å². The van der Waals surface area contributed by atoms with Gasteiger partial charge in [0, 0.05) is 25.1 Å². The molecule has 2 nitrogen and oxygen atoms in total. The first-order valence-electron chi connectivity index (χ1n) is 7.57. The van der Waals surface area contributed by atoms with Crippen molar-refractivity contribution in [1.29, 1.82) is 0 Å². The average molecular weight is 265 g/mol. The zero-order valence-electron chi connectivity index (χ0n) is 13.9. The third-order valence-corrected chi connectivity index (χ3v) is 3.81. The van der Waals surface area contributed by atoms with Gasteiger partial charge in [0.05, 0.1) is 0 Å². The molecule has 110 valence electrons. The van der Waals surface area contributed by atoms with Gasteiger partial charge in [-0.25, -0.2) is 0 Å². The van der Waals surface area contributed by atoms with E-state index in [-0.39, 0.29) is 10.8 Å². The van der Waals surface area contributed by atoms with Gasteiger partial charge in [-0.2, -0.15) is 0 Å². The van der Waals surface area contributed by atoms with Gasteiger partial charge in [0.15, 0.2) is 5.78 Å². The maximum absolute atomic E-state index is 12.6. The number of rotatable bonds is 2. The molecule has 0 aliphatic carbocycles. The summed E-state index contributed by atoms with van der Waals surface area (Å²) < 4.78 is 0. The second kappa shape index (κ2) is 5.78. The Bertz CT molecular complexity index is 366. The van der Waals surface area contributed by atoms with Crippen molar-refractivity contribution >= 4 is 5.78 Å². The SMILES string of the molecule is CCCN1CCC(=O)C(C(C)(C)C)=C(C(C)(C)C)C1. The summed E-state index contributed by atoms with van der Waals surface area (Å²) in [5.41, 5.74) is 2.44. The Kier molecular flexibility index (Phi) is 5.00. The topological polar surface area (TPSA) is 20.3 Å². The number of nitrogens with zero attached hydrogens (tertiary/aromatic N) is 1. The molecule has 2 heteroatoms. The summed E-state index contributed by atoms with van der Waals surface area (Å²) in [6.07, 6.45) is 1.82. The predicted molar refractivity (Wildman–Crippen MR) is 82.3 cm³/mol. The lowest BCUT2D eigenvalue weighted by atomic mass is 9.73. The quantitative estimate of drug-likeness (QED) is 0.750. The van der Waals surface area contributed by atoms with Gasteiger partial charge in [-0.05, 0) is 29.4 Å². The fourth-order valence-electron chi connectivity index (χ4n) is 2.92. The van der Waals surface area contributed by atoms with E-state index in [1.807, 2.05) is 0 Å². The molecule has 0 spiro atoms. The van der Waals surface area contributed by atoms with Crippen molar-refractivity contribution in [2.45, 2.75) is 61.3 Å². The predicted octanol–water partition coefficient (Wildman–Crippen LogP) is 4.06. The zero-order chi connectivity index (χ0) is 14.8. The molecule has 1 aliphatic rings. The van der Waals surface area contributed by atoms with Crippen molar-refractivity contribution in [3.05, 3.63) is 11.1 Å². The highest BCUT2D eigenvalue weighted by Crippen LogP contribution is 2.39. The highest BCUT2D eigenvalue weighted by Gasteiger charge is 2.34. The molecule has 0 bridgehead atoms. The van der Waals surface area contributed by atoms with Crippen molar-refractivity contribution in [1.82, 2.24) is 4.90 Å². The monoisotopic (exact) mass is 265 g/mol. The highest BCUT2D eigenvalue weighted by atomic mass is 16.1. The first kappa shape index (κ1) is 16.4. The molecule has 1 heterocycles. The maximum Gasteiger partial charge on any atom is 0.160 e. The minimum Gasteiger partial charge on any atom is -0.299 e. The Balaban J connectivity index is 3.29. The van der Waals surface area contributed by atoms with Crippen LogP contribution in [-0.2, 0) is 4.79 Å². The van der Waals surface area contributed by atoms with E-state index in [0.717, 1.165) is 31.6 Å². The lowest BCUT2D eigenvalue weighted by molar-refractivity contribution is -0.116. The molecule has 0 saturated heterocycles. The Morgan fingerprint density at radius 1 is 1.05 bits per heavy atom. The van der Waals surface area contributed by atoms with Gasteiger partial charge in [0.25, 0.3) is 0 Å². The van der Waals surface area contributed by atoms with Gasteiger partial charge >= 0.3 is 0 Å². The number of hydrogen-bond acceptors (Lipinski definition) is 2. The molecule has 19 heavy (non-hydrogen) atoms. The molecular formula is C17H31NO. The molecule has 1 aliphatic heterocycles. The summed E-state index contributed by atoms with van der Waals surface area (Å²) in [5, 5.41) is 0. The van der Waals surface area contributed by atoms with Crippen LogP contribution in [0.25, 0.3) is 0 Å². The fraction of sp³-hybridized carbons (Fsp3) is 0.824. The molecule has 0 radical (unpaired) electrons. The van der Waals surface area contributed by atoms with E-state index in [9.17, 15) is 4.79 Å². The van der Waals surface area contributed by atoms with Crippen molar-refractivity contribution in [2.24, 2.45) is 10.8 Å². The molecule has 0 aromatic rings. The second-order valence-corrected chi connectivity index (χ2v) is 7.80. The number of allylic oxidation sites excluding steroid dienone is 1. The van der Waals surface area contributed by atoms with E-state index in [0.29, 0.717) is 12.2 Å². The van der Waals surface area contributed by atoms with Crippen LogP contribution in [0.5, 0.6) is 0 Å². The van der Waals surface area contributed by atoms with E-state index >= 15 is 0 Å². The molecule has 0 fully saturated rings. The number of hydrogen-bond donors (Lipinski definition) is 0. The number of carbonyl (C=O) groups excluding carboxylic acids is 1. The van der Waals surface area contributed by atoms with Gasteiger partial charge in [-0.1, -0.05) is 48.5 Å². The van der Waals surface area contributed by atoms with Crippen LogP contribution < -0.4 is 0 Å². The summed E-state index contributed by atoms with van der Waals surface area (Å²) in [5.74, 6) is 0.357. The summed E-state index contributed by atoms with van der Waals surface area (Å²) in [7, 11) is 0. The average Bonchev–Trinajstić information content (AvgIpc) is 2.37. The summed E-state index contributed by atoms with van der Waals surface area (Å²) >= 11 is 0. The van der Waals surface area contributed by atoms with E-state index in [1.54, 1.807) is 0 Å². The Morgan fingerprint density at radius 2 is 1.63 bits per heavy atom. The van der Waals surface area contributed by atoms with Gasteiger partial charge in [0.1, 0.15) is 0 Å². The maximum atomic E-state index is 12.6. The van der Waals surface area contributed by atoms with Crippen molar-refractivity contribution < 1.29 is 4.79 Å². The molecule has 0 atom stereocenters. The van der Waals surface area contributed by atoms with Crippen LogP contribution in [0.15, 0.2) is 11.1 Å². The number of Topliss-reactive ketones (excluding diaryl/α,β-unsaturated/α-hetero) is 1. The van der Waals surface area contributed by atoms with Gasteiger partial charge in [-0.3, -0.25) is 9.69 Å². The molecule has 0 unspecified atom stereocenters. The normalized spacial score (nSPS) is 19.8. The molecular weight excluding hydrogens is 234 g/mol. The van der Waals surface area contributed by atoms with Crippen LogP contribution in [0.1, 0.15) is 61.3 Å². The van der Waals surface area contributed by atoms with Crippen LogP contribution in [0.2, 0.25) is 0 Å². The van der Waals surface area contributed by atoms with Crippen molar-refractivity contribution in [3.63, 3.8) is 0 Å². The van der Waals surface area contributed by atoms with Crippen LogP contribution in [0.3, 0.4) is 0 Å². The Morgan fingerprint density at radius 3 is 2.05 bits per heavy atom. The van der Waals surface area contributed by atoms with Crippen LogP contribution in [0.4, 0.5) is 0 Å². The molecule has 0 N–H and O–H groups in total. The molecule has 1 rings (SSSR count). The first-order valence-corrected chi connectivity index (χ1v) is 7.57. The number of ketones is 1. The summed E-state index contributed by atoms with van der Waals surface area (Å²) in [6, 6.07) is 0. The minimum absolute atomic E-state index is 0.0536. The molecule has 0 amide bonds. The van der Waals surface area contributed by atoms with Gasteiger partial charge in [-0.15, -0.1) is 0 Å². The minimum atomic E-state index is -0.0536. The van der Waals surface area contributed by atoms with Crippen molar-refractivity contribution in [2.75, 3.05) is 19.6 Å². The van der Waals surface area contributed by atoms with E-state index in [4.69, 9.17) is 0 Å². The van der Waals surface area contributed by atoms with E-state index in [2.05, 4.69) is 53.4 Å². The smallest absolute Gasteiger partial charge is 0.160 e. The lowest BCUT2D eigenvalue weighted by Crippen LogP contribution is -2.31. The molecule has 0 aromatic heterocycles. The standard InChI is InChI=1S/C17H31NO/c1-8-10-18-11-9-14(19)15(17(5,6)7)13(12-18)16(2,3)4/h8-12H2,1-7H3. The zero-order valence-corrected chi connectivity index (χ0v) is 13.9. The number of carbonyl (C=O) groups is 1. The van der Waals surface area contributed by atoms with Crippen LogP contribution in [0, 0.1) is 10.8 Å². The Hall–Kier alpha value is -0.630. The van der Waals surface area contributed by atoms with Crippen LogP contribution in [-0.4, -0.2) is 30.3 Å². The van der Waals surface area contributed by atoms with E-state index < -0.39 is 0 Å². The third kappa shape index (κ3) is 4.17. The van der Waals surface area contributed by atoms with Gasteiger partial charge in [0.2, 0.25) is 0 Å². The largest absolute Gasteiger partial charge is 0.299 e. The van der Waals surface area contributed by atoms with Crippen molar-refractivity contribution in [3.8, 4) is 0 Å². The second-order valence-electron chi connectivity index (χ2n) is 7.80. The van der Waals surface area contributed by atoms with E-state index in [1.165, 1.54) is 5.57 Å². The van der Waals surface area contributed by atoms with Gasteiger partial charge < -0.3 is 0 Å². The molecule has 0 saturated carbocycles. The van der Waals surface area contributed by atoms with Crippen LogP contribution >= 0.6 is 0 Å². The fourth-order valence-corrected chi connectivity index (χ4v) is 2.92.